The fraction of sp³-hybridized carbons (Fsp3) is 0.222. The third kappa shape index (κ3) is 3.70. The molecule has 0 unspecified atom stereocenters. The van der Waals surface area contributed by atoms with E-state index in [1.807, 2.05) is 0 Å². The molecule has 0 radical (unpaired) electrons. The highest BCUT2D eigenvalue weighted by molar-refractivity contribution is 7.91. The fourth-order valence-corrected chi connectivity index (χ4v) is 3.94. The highest BCUT2D eigenvalue weighted by Crippen LogP contribution is 2.29. The molecule has 0 aliphatic carbocycles. The number of fused-ring (bicyclic) bond motifs is 1. The molecule has 3 rings (SSSR count). The van der Waals surface area contributed by atoms with Crippen LogP contribution >= 0.6 is 0 Å². The maximum Gasteiger partial charge on any atom is 0.244 e. The second-order valence-corrected chi connectivity index (χ2v) is 7.90. The topological polar surface area (TPSA) is 92.8 Å². The number of benzene rings is 2. The van der Waals surface area contributed by atoms with Gasteiger partial charge in [-0.3, -0.25) is 9.59 Å². The minimum atomic E-state index is -3.61. The van der Waals surface area contributed by atoms with Crippen LogP contribution in [0.3, 0.4) is 0 Å². The van der Waals surface area contributed by atoms with Gasteiger partial charge in [0, 0.05) is 6.42 Å². The van der Waals surface area contributed by atoms with Crippen LogP contribution < -0.4 is 15.0 Å². The Morgan fingerprint density at radius 3 is 2.54 bits per heavy atom. The minimum Gasteiger partial charge on any atom is -0.497 e. The molecule has 2 aromatic rings. The molecule has 0 atom stereocenters. The molecular weight excluding hydrogens is 356 g/mol. The third-order valence-corrected chi connectivity index (χ3v) is 5.81. The van der Waals surface area contributed by atoms with E-state index in [2.05, 4.69) is 5.32 Å². The lowest BCUT2D eigenvalue weighted by atomic mass is 10.2. The normalized spacial score (nSPS) is 13.7. The maximum atomic E-state index is 12.5. The zero-order chi connectivity index (χ0) is 18.7. The first-order valence-electron chi connectivity index (χ1n) is 7.97. The molecule has 0 saturated carbocycles. The van der Waals surface area contributed by atoms with Crippen molar-refractivity contribution in [3.8, 4) is 5.75 Å². The Morgan fingerprint density at radius 1 is 1.15 bits per heavy atom. The fourth-order valence-electron chi connectivity index (χ4n) is 2.71. The van der Waals surface area contributed by atoms with Crippen molar-refractivity contribution in [2.45, 2.75) is 11.3 Å². The molecule has 0 saturated heterocycles. The van der Waals surface area contributed by atoms with Gasteiger partial charge in [0.15, 0.2) is 9.84 Å². The van der Waals surface area contributed by atoms with Gasteiger partial charge in [0.2, 0.25) is 11.8 Å². The monoisotopic (exact) mass is 374 g/mol. The summed E-state index contributed by atoms with van der Waals surface area (Å²) in [6.07, 6.45) is -0.212. The summed E-state index contributed by atoms with van der Waals surface area (Å²) >= 11 is 0. The molecule has 1 N–H and O–H groups in total. The molecule has 8 heteroatoms. The van der Waals surface area contributed by atoms with Crippen LogP contribution in [0, 0.1) is 0 Å². The van der Waals surface area contributed by atoms with E-state index in [1.165, 1.54) is 24.1 Å². The van der Waals surface area contributed by atoms with Crippen LogP contribution in [-0.2, 0) is 19.4 Å². The van der Waals surface area contributed by atoms with E-state index >= 15 is 0 Å². The van der Waals surface area contributed by atoms with Crippen LogP contribution in [0.5, 0.6) is 5.75 Å². The van der Waals surface area contributed by atoms with Crippen LogP contribution in [0.1, 0.15) is 6.42 Å². The van der Waals surface area contributed by atoms with Gasteiger partial charge in [-0.25, -0.2) is 8.42 Å². The number of methoxy groups -OCH3 is 1. The van der Waals surface area contributed by atoms with Gasteiger partial charge in [0.05, 0.1) is 29.1 Å². The Kier molecular flexibility index (Phi) is 4.94. The molecule has 1 heterocycles. The molecule has 26 heavy (non-hydrogen) atoms. The molecule has 0 bridgehead atoms. The highest BCUT2D eigenvalue weighted by Gasteiger charge is 2.27. The zero-order valence-electron chi connectivity index (χ0n) is 14.1. The van der Waals surface area contributed by atoms with Crippen molar-refractivity contribution in [2.24, 2.45) is 0 Å². The van der Waals surface area contributed by atoms with E-state index in [0.717, 1.165) is 0 Å². The van der Waals surface area contributed by atoms with E-state index in [4.69, 9.17) is 4.74 Å². The summed E-state index contributed by atoms with van der Waals surface area (Å²) < 4.78 is 29.9. The van der Waals surface area contributed by atoms with Gasteiger partial charge in [-0.05, 0) is 36.4 Å². The minimum absolute atomic E-state index is 0.127. The van der Waals surface area contributed by atoms with E-state index < -0.39 is 15.7 Å². The summed E-state index contributed by atoms with van der Waals surface area (Å²) in [5.41, 5.74) is 1.11. The number of nitrogens with one attached hydrogen (secondary N) is 1. The van der Waals surface area contributed by atoms with Gasteiger partial charge in [-0.2, -0.15) is 0 Å². The van der Waals surface area contributed by atoms with E-state index in [-0.39, 0.29) is 29.5 Å². The summed E-state index contributed by atoms with van der Waals surface area (Å²) in [5.74, 6) is -0.506. The lowest BCUT2D eigenvalue weighted by Crippen LogP contribution is -2.42. The van der Waals surface area contributed by atoms with Crippen LogP contribution in [0.2, 0.25) is 0 Å². The summed E-state index contributed by atoms with van der Waals surface area (Å²) in [7, 11) is -2.12. The number of carbonyl (C=O) groups is 2. The molecule has 2 amide bonds. The van der Waals surface area contributed by atoms with Gasteiger partial charge in [-0.15, -0.1) is 0 Å². The van der Waals surface area contributed by atoms with Gasteiger partial charge < -0.3 is 15.0 Å². The lowest BCUT2D eigenvalue weighted by molar-refractivity contribution is -0.121. The molecule has 0 fully saturated rings. The van der Waals surface area contributed by atoms with Gasteiger partial charge in [-0.1, -0.05) is 12.1 Å². The second kappa shape index (κ2) is 7.17. The van der Waals surface area contributed by atoms with Crippen molar-refractivity contribution < 1.29 is 22.7 Å². The van der Waals surface area contributed by atoms with Crippen LogP contribution in [0.4, 0.5) is 11.4 Å². The zero-order valence-corrected chi connectivity index (χ0v) is 15.0. The highest BCUT2D eigenvalue weighted by atomic mass is 32.2. The average molecular weight is 374 g/mol. The number of ether oxygens (including phenoxy) is 1. The number of hydrogen-bond acceptors (Lipinski definition) is 5. The van der Waals surface area contributed by atoms with Crippen molar-refractivity contribution in [1.29, 1.82) is 0 Å². The molecule has 2 aromatic carbocycles. The predicted molar refractivity (Wildman–Crippen MR) is 97.1 cm³/mol. The smallest absolute Gasteiger partial charge is 0.244 e. The van der Waals surface area contributed by atoms with E-state index in [1.54, 1.807) is 36.4 Å². The van der Waals surface area contributed by atoms with Crippen molar-refractivity contribution in [3.63, 3.8) is 0 Å². The van der Waals surface area contributed by atoms with Gasteiger partial charge >= 0.3 is 0 Å². The van der Waals surface area contributed by atoms with Gasteiger partial charge in [0.25, 0.3) is 0 Å². The van der Waals surface area contributed by atoms with Crippen LogP contribution in [-0.4, -0.2) is 39.6 Å². The standard InChI is InChI=1S/C18H18N2O5S/c1-25-13-6-8-14(9-7-13)26(23,24)11-10-18(22)20-12-17(21)19-15-4-2-3-5-16(15)20/h2-9H,10-12H2,1H3,(H,19,21). The first-order chi connectivity index (χ1) is 12.4. The summed E-state index contributed by atoms with van der Waals surface area (Å²) in [6, 6.07) is 12.9. The largest absolute Gasteiger partial charge is 0.497 e. The van der Waals surface area contributed by atoms with Crippen LogP contribution in [0.15, 0.2) is 53.4 Å². The summed E-state index contributed by atoms with van der Waals surface area (Å²) in [5, 5.41) is 2.69. The Hall–Kier alpha value is -2.87. The number of para-hydroxylation sites is 2. The number of anilines is 2. The Morgan fingerprint density at radius 2 is 1.85 bits per heavy atom. The Bertz CT molecular complexity index is 938. The first kappa shape index (κ1) is 17.9. The van der Waals surface area contributed by atoms with Gasteiger partial charge in [0.1, 0.15) is 12.3 Å². The molecule has 1 aliphatic heterocycles. The number of carbonyl (C=O) groups excluding carboxylic acids is 2. The Labute approximate surface area is 151 Å². The summed E-state index contributed by atoms with van der Waals surface area (Å²) in [4.78, 5) is 25.8. The average Bonchev–Trinajstić information content (AvgIpc) is 2.65. The third-order valence-electron chi connectivity index (χ3n) is 4.07. The summed E-state index contributed by atoms with van der Waals surface area (Å²) in [6.45, 7) is -0.127. The van der Waals surface area contributed by atoms with E-state index in [0.29, 0.717) is 17.1 Å². The number of rotatable bonds is 5. The molecule has 7 nitrogen and oxygen atoms in total. The molecular formula is C18H18N2O5S. The quantitative estimate of drug-likeness (QED) is 0.862. The van der Waals surface area contributed by atoms with Crippen molar-refractivity contribution >= 4 is 33.0 Å². The van der Waals surface area contributed by atoms with Crippen molar-refractivity contribution in [2.75, 3.05) is 29.6 Å². The SMILES string of the molecule is COc1ccc(S(=O)(=O)CCC(=O)N2CC(=O)Nc3ccccc32)cc1. The lowest BCUT2D eigenvalue weighted by Gasteiger charge is -2.29. The number of sulfone groups is 1. The van der Waals surface area contributed by atoms with E-state index in [9.17, 15) is 18.0 Å². The molecule has 136 valence electrons. The Balaban J connectivity index is 1.73. The first-order valence-corrected chi connectivity index (χ1v) is 9.62. The predicted octanol–water partition coefficient (Wildman–Crippen LogP) is 1.84. The maximum absolute atomic E-state index is 12.5. The molecule has 1 aliphatic rings. The second-order valence-electron chi connectivity index (χ2n) is 5.79. The van der Waals surface area contributed by atoms with Crippen LogP contribution in [0.25, 0.3) is 0 Å². The molecule has 0 aromatic heterocycles. The number of amides is 2. The molecule has 0 spiro atoms. The number of nitrogens with zero attached hydrogens (tertiary/aromatic N) is 1. The van der Waals surface area contributed by atoms with Crippen molar-refractivity contribution in [1.82, 2.24) is 0 Å². The number of hydrogen-bond donors (Lipinski definition) is 1. The van der Waals surface area contributed by atoms with Crippen molar-refractivity contribution in [3.05, 3.63) is 48.5 Å².